The van der Waals surface area contributed by atoms with E-state index in [0.717, 1.165) is 25.9 Å². The van der Waals surface area contributed by atoms with Crippen LogP contribution in [0.3, 0.4) is 0 Å². The summed E-state index contributed by atoms with van der Waals surface area (Å²) in [5, 5.41) is 3.24. The van der Waals surface area contributed by atoms with Crippen molar-refractivity contribution in [3.8, 4) is 11.5 Å². The third-order valence-corrected chi connectivity index (χ3v) is 5.45. The van der Waals surface area contributed by atoms with E-state index in [-0.39, 0.29) is 11.7 Å². The molecule has 1 unspecified atom stereocenters. The number of methoxy groups -OCH3 is 2. The molecule has 0 aliphatic carbocycles. The van der Waals surface area contributed by atoms with Crippen molar-refractivity contribution in [2.24, 2.45) is 5.92 Å². The SMILES string of the molecule is COc1ccc(S(=O)(=O)CC2CCCNC2)cc1OC. The molecule has 5 nitrogen and oxygen atoms in total. The van der Waals surface area contributed by atoms with E-state index in [1.807, 2.05) is 0 Å². The van der Waals surface area contributed by atoms with Gasteiger partial charge in [0.25, 0.3) is 0 Å². The van der Waals surface area contributed by atoms with Crippen LogP contribution in [0.25, 0.3) is 0 Å². The van der Waals surface area contributed by atoms with E-state index in [0.29, 0.717) is 16.4 Å². The zero-order valence-electron chi connectivity index (χ0n) is 11.9. The number of hydrogen-bond acceptors (Lipinski definition) is 5. The van der Waals surface area contributed by atoms with Crippen molar-refractivity contribution in [2.75, 3.05) is 33.1 Å². The monoisotopic (exact) mass is 299 g/mol. The van der Waals surface area contributed by atoms with Crippen LogP contribution >= 0.6 is 0 Å². The Balaban J connectivity index is 2.20. The maximum atomic E-state index is 12.4. The Labute approximate surface area is 120 Å². The van der Waals surface area contributed by atoms with Gasteiger partial charge >= 0.3 is 0 Å². The number of rotatable bonds is 5. The molecule has 1 heterocycles. The largest absolute Gasteiger partial charge is 0.493 e. The van der Waals surface area contributed by atoms with E-state index in [1.165, 1.54) is 20.3 Å². The zero-order chi connectivity index (χ0) is 14.6. The molecule has 1 fully saturated rings. The fraction of sp³-hybridized carbons (Fsp3) is 0.571. The first-order valence-electron chi connectivity index (χ1n) is 6.72. The van der Waals surface area contributed by atoms with Gasteiger partial charge in [-0.2, -0.15) is 0 Å². The molecular formula is C14H21NO4S. The van der Waals surface area contributed by atoms with Crippen molar-refractivity contribution in [2.45, 2.75) is 17.7 Å². The Morgan fingerprint density at radius 1 is 1.25 bits per heavy atom. The molecule has 1 N–H and O–H groups in total. The minimum atomic E-state index is -3.29. The summed E-state index contributed by atoms with van der Waals surface area (Å²) in [6, 6.07) is 4.74. The van der Waals surface area contributed by atoms with E-state index in [2.05, 4.69) is 5.32 Å². The Hall–Kier alpha value is -1.27. The maximum absolute atomic E-state index is 12.4. The summed E-state index contributed by atoms with van der Waals surface area (Å²) in [5.74, 6) is 1.33. The number of benzene rings is 1. The first-order valence-corrected chi connectivity index (χ1v) is 8.37. The van der Waals surface area contributed by atoms with Crippen molar-refractivity contribution in [3.05, 3.63) is 18.2 Å². The predicted molar refractivity (Wildman–Crippen MR) is 77.2 cm³/mol. The number of piperidine rings is 1. The van der Waals surface area contributed by atoms with E-state index in [4.69, 9.17) is 9.47 Å². The molecule has 6 heteroatoms. The molecule has 20 heavy (non-hydrogen) atoms. The highest BCUT2D eigenvalue weighted by atomic mass is 32.2. The third kappa shape index (κ3) is 3.43. The summed E-state index contributed by atoms with van der Waals surface area (Å²) < 4.78 is 35.2. The molecule has 0 radical (unpaired) electrons. The first kappa shape index (κ1) is 15.1. The number of nitrogens with one attached hydrogen (secondary N) is 1. The van der Waals surface area contributed by atoms with Gasteiger partial charge in [-0.3, -0.25) is 0 Å². The molecule has 0 bridgehead atoms. The third-order valence-electron chi connectivity index (χ3n) is 3.57. The standard InChI is InChI=1S/C14H21NO4S/c1-18-13-6-5-12(8-14(13)19-2)20(16,17)10-11-4-3-7-15-9-11/h5-6,8,11,15H,3-4,7,9-10H2,1-2H3. The van der Waals surface area contributed by atoms with Crippen molar-refractivity contribution >= 4 is 9.84 Å². The van der Waals surface area contributed by atoms with Gasteiger partial charge in [-0.15, -0.1) is 0 Å². The van der Waals surface area contributed by atoms with Gasteiger partial charge in [-0.1, -0.05) is 0 Å². The number of ether oxygens (including phenoxy) is 2. The minimum Gasteiger partial charge on any atom is -0.493 e. The lowest BCUT2D eigenvalue weighted by Gasteiger charge is -2.22. The Morgan fingerprint density at radius 3 is 2.60 bits per heavy atom. The summed E-state index contributed by atoms with van der Waals surface area (Å²) >= 11 is 0. The molecule has 0 amide bonds. The number of sulfone groups is 1. The summed E-state index contributed by atoms with van der Waals surface area (Å²) in [7, 11) is -0.266. The molecule has 1 aliphatic rings. The van der Waals surface area contributed by atoms with Gasteiger partial charge in [0.2, 0.25) is 0 Å². The van der Waals surface area contributed by atoms with Gasteiger partial charge in [-0.25, -0.2) is 8.42 Å². The maximum Gasteiger partial charge on any atom is 0.178 e. The summed E-state index contributed by atoms with van der Waals surface area (Å²) in [5.41, 5.74) is 0. The molecule has 1 aromatic rings. The number of hydrogen-bond donors (Lipinski definition) is 1. The van der Waals surface area contributed by atoms with Crippen LogP contribution in [0, 0.1) is 5.92 Å². The molecule has 0 spiro atoms. The quantitative estimate of drug-likeness (QED) is 0.892. The van der Waals surface area contributed by atoms with Crippen molar-refractivity contribution < 1.29 is 17.9 Å². The van der Waals surface area contributed by atoms with Crippen molar-refractivity contribution in [1.29, 1.82) is 0 Å². The van der Waals surface area contributed by atoms with E-state index >= 15 is 0 Å². The second-order valence-corrected chi connectivity index (χ2v) is 7.04. The van der Waals surface area contributed by atoms with E-state index in [1.54, 1.807) is 12.1 Å². The Morgan fingerprint density at radius 2 is 2.00 bits per heavy atom. The highest BCUT2D eigenvalue weighted by Crippen LogP contribution is 2.30. The minimum absolute atomic E-state index is 0.176. The lowest BCUT2D eigenvalue weighted by atomic mass is 10.0. The van der Waals surface area contributed by atoms with Crippen molar-refractivity contribution in [1.82, 2.24) is 5.32 Å². The van der Waals surface area contributed by atoms with Gasteiger partial charge in [0.1, 0.15) is 0 Å². The van der Waals surface area contributed by atoms with E-state index in [9.17, 15) is 8.42 Å². The van der Waals surface area contributed by atoms with Gasteiger partial charge in [-0.05, 0) is 44.0 Å². The van der Waals surface area contributed by atoms with Crippen LogP contribution in [0.15, 0.2) is 23.1 Å². The normalized spacial score (nSPS) is 19.6. The highest BCUT2D eigenvalue weighted by Gasteiger charge is 2.23. The zero-order valence-corrected chi connectivity index (χ0v) is 12.7. The second kappa shape index (κ2) is 6.45. The average Bonchev–Trinajstić information content (AvgIpc) is 2.47. The van der Waals surface area contributed by atoms with Crippen LogP contribution in [0.4, 0.5) is 0 Å². The fourth-order valence-corrected chi connectivity index (χ4v) is 4.14. The Kier molecular flexibility index (Phi) is 4.88. The van der Waals surface area contributed by atoms with Gasteiger partial charge < -0.3 is 14.8 Å². The lowest BCUT2D eigenvalue weighted by molar-refractivity contribution is 0.354. The van der Waals surface area contributed by atoms with Crippen molar-refractivity contribution in [3.63, 3.8) is 0 Å². The lowest BCUT2D eigenvalue weighted by Crippen LogP contribution is -2.33. The highest BCUT2D eigenvalue weighted by molar-refractivity contribution is 7.91. The predicted octanol–water partition coefficient (Wildman–Crippen LogP) is 1.48. The molecule has 0 aromatic heterocycles. The molecule has 2 rings (SSSR count). The molecular weight excluding hydrogens is 278 g/mol. The topological polar surface area (TPSA) is 64.6 Å². The fourth-order valence-electron chi connectivity index (χ4n) is 2.48. The van der Waals surface area contributed by atoms with Crippen LogP contribution in [0.5, 0.6) is 11.5 Å². The molecule has 0 saturated carbocycles. The Bertz CT molecular complexity index is 550. The van der Waals surface area contributed by atoms with Gasteiger partial charge in [0.05, 0.1) is 24.9 Å². The molecule has 1 atom stereocenters. The van der Waals surface area contributed by atoms with Crippen LogP contribution in [0.1, 0.15) is 12.8 Å². The summed E-state index contributed by atoms with van der Waals surface area (Å²) in [6.45, 7) is 1.75. The van der Waals surface area contributed by atoms with Crippen LogP contribution in [-0.2, 0) is 9.84 Å². The van der Waals surface area contributed by atoms with Gasteiger partial charge in [0.15, 0.2) is 21.3 Å². The van der Waals surface area contributed by atoms with Crippen LogP contribution < -0.4 is 14.8 Å². The average molecular weight is 299 g/mol. The summed E-state index contributed by atoms with van der Waals surface area (Å²) in [4.78, 5) is 0.292. The van der Waals surface area contributed by atoms with Crippen LogP contribution in [-0.4, -0.2) is 41.5 Å². The van der Waals surface area contributed by atoms with E-state index < -0.39 is 9.84 Å². The van der Waals surface area contributed by atoms with Crippen LogP contribution in [0.2, 0.25) is 0 Å². The summed E-state index contributed by atoms with van der Waals surface area (Å²) in [6.07, 6.45) is 1.99. The molecule has 1 aliphatic heterocycles. The molecule has 112 valence electrons. The molecule has 1 saturated heterocycles. The second-order valence-electron chi connectivity index (χ2n) is 5.01. The first-order chi connectivity index (χ1) is 9.56. The smallest absolute Gasteiger partial charge is 0.178 e. The molecule has 1 aromatic carbocycles. The van der Waals surface area contributed by atoms with Gasteiger partial charge in [0, 0.05) is 6.07 Å².